The van der Waals surface area contributed by atoms with Gasteiger partial charge in [-0.15, -0.1) is 0 Å². The molecule has 0 amide bonds. The van der Waals surface area contributed by atoms with Crippen LogP contribution in [0.1, 0.15) is 30.9 Å². The molecular weight excluding hydrogens is 266 g/mol. The zero-order valence-electron chi connectivity index (χ0n) is 12.7. The van der Waals surface area contributed by atoms with Crippen molar-refractivity contribution in [2.24, 2.45) is 11.7 Å². The molecule has 0 bridgehead atoms. The molecule has 2 N–H and O–H groups in total. The van der Waals surface area contributed by atoms with Gasteiger partial charge >= 0.3 is 5.97 Å². The summed E-state index contributed by atoms with van der Waals surface area (Å²) in [5.41, 5.74) is 7.82. The third-order valence-corrected chi connectivity index (χ3v) is 3.83. The van der Waals surface area contributed by atoms with E-state index in [-0.39, 0.29) is 30.0 Å². The number of nitrogens with two attached hydrogens (primary N) is 1. The Morgan fingerprint density at radius 3 is 2.48 bits per heavy atom. The average molecular weight is 289 g/mol. The fourth-order valence-electron chi connectivity index (χ4n) is 2.54. The summed E-state index contributed by atoms with van der Waals surface area (Å²) in [6.07, 6.45) is 1.58. The van der Waals surface area contributed by atoms with Crippen LogP contribution in [0.3, 0.4) is 0 Å². The van der Waals surface area contributed by atoms with E-state index in [0.717, 1.165) is 11.1 Å². The number of benzene rings is 1. The SMILES string of the molecule is C=CCOC(=O)C(c1ccc(C2(N)COC2)cc1)C(C)C. The van der Waals surface area contributed by atoms with E-state index in [4.69, 9.17) is 15.2 Å². The van der Waals surface area contributed by atoms with Crippen molar-refractivity contribution in [1.29, 1.82) is 0 Å². The van der Waals surface area contributed by atoms with Crippen LogP contribution in [0.5, 0.6) is 0 Å². The first-order chi connectivity index (χ1) is 9.98. The van der Waals surface area contributed by atoms with Gasteiger partial charge in [-0.1, -0.05) is 50.8 Å². The molecule has 0 aliphatic carbocycles. The van der Waals surface area contributed by atoms with Gasteiger partial charge in [0, 0.05) is 0 Å². The van der Waals surface area contributed by atoms with Gasteiger partial charge < -0.3 is 15.2 Å². The second kappa shape index (κ2) is 6.41. The van der Waals surface area contributed by atoms with Crippen molar-refractivity contribution in [1.82, 2.24) is 0 Å². The van der Waals surface area contributed by atoms with Crippen LogP contribution in [0, 0.1) is 5.92 Å². The van der Waals surface area contributed by atoms with Gasteiger partial charge in [-0.3, -0.25) is 4.79 Å². The van der Waals surface area contributed by atoms with Crippen LogP contribution >= 0.6 is 0 Å². The number of rotatable bonds is 6. The number of carbonyl (C=O) groups is 1. The second-order valence-electron chi connectivity index (χ2n) is 5.91. The summed E-state index contributed by atoms with van der Waals surface area (Å²) in [5, 5.41) is 0. The monoisotopic (exact) mass is 289 g/mol. The van der Waals surface area contributed by atoms with Crippen LogP contribution < -0.4 is 5.73 Å². The minimum atomic E-state index is -0.380. The van der Waals surface area contributed by atoms with Crippen LogP contribution in [-0.4, -0.2) is 25.8 Å². The van der Waals surface area contributed by atoms with Gasteiger partial charge in [-0.2, -0.15) is 0 Å². The molecule has 1 aliphatic rings. The van der Waals surface area contributed by atoms with Crippen molar-refractivity contribution in [3.63, 3.8) is 0 Å². The van der Waals surface area contributed by atoms with Crippen molar-refractivity contribution in [3.8, 4) is 0 Å². The van der Waals surface area contributed by atoms with Gasteiger partial charge in [0.2, 0.25) is 0 Å². The predicted octanol–water partition coefficient (Wildman–Crippen LogP) is 2.34. The molecule has 1 saturated heterocycles. The highest BCUT2D eigenvalue weighted by atomic mass is 16.5. The van der Waals surface area contributed by atoms with Crippen LogP contribution in [0.4, 0.5) is 0 Å². The Hall–Kier alpha value is -1.65. The molecule has 2 rings (SSSR count). The molecule has 1 unspecified atom stereocenters. The normalized spacial score (nSPS) is 17.9. The molecule has 4 heteroatoms. The molecule has 0 radical (unpaired) electrons. The summed E-state index contributed by atoms with van der Waals surface area (Å²) < 4.78 is 10.4. The summed E-state index contributed by atoms with van der Waals surface area (Å²) in [6, 6.07) is 7.88. The quantitative estimate of drug-likeness (QED) is 0.645. The molecule has 114 valence electrons. The molecule has 21 heavy (non-hydrogen) atoms. The Bertz CT molecular complexity index is 503. The van der Waals surface area contributed by atoms with Gasteiger partial charge in [0.05, 0.1) is 24.7 Å². The Labute approximate surface area is 125 Å². The van der Waals surface area contributed by atoms with Gasteiger partial charge in [0.25, 0.3) is 0 Å². The van der Waals surface area contributed by atoms with E-state index in [1.807, 2.05) is 38.1 Å². The Balaban J connectivity index is 2.17. The zero-order valence-corrected chi connectivity index (χ0v) is 12.7. The molecule has 1 fully saturated rings. The third-order valence-electron chi connectivity index (χ3n) is 3.83. The lowest BCUT2D eigenvalue weighted by Gasteiger charge is -2.38. The molecule has 1 atom stereocenters. The molecule has 0 saturated carbocycles. The van der Waals surface area contributed by atoms with Crippen molar-refractivity contribution in [2.45, 2.75) is 25.3 Å². The smallest absolute Gasteiger partial charge is 0.313 e. The Kier molecular flexibility index (Phi) is 4.80. The van der Waals surface area contributed by atoms with Gasteiger partial charge in [0.1, 0.15) is 6.61 Å². The van der Waals surface area contributed by atoms with E-state index < -0.39 is 0 Å². The highest BCUT2D eigenvalue weighted by Gasteiger charge is 2.36. The summed E-state index contributed by atoms with van der Waals surface area (Å²) in [5.74, 6) is -0.329. The summed E-state index contributed by atoms with van der Waals surface area (Å²) in [6.45, 7) is 8.91. The summed E-state index contributed by atoms with van der Waals surface area (Å²) >= 11 is 0. The molecule has 1 heterocycles. The number of carbonyl (C=O) groups excluding carboxylic acids is 1. The van der Waals surface area contributed by atoms with Crippen molar-refractivity contribution in [2.75, 3.05) is 19.8 Å². The van der Waals surface area contributed by atoms with Crippen molar-refractivity contribution >= 4 is 5.97 Å². The average Bonchev–Trinajstić information content (AvgIpc) is 2.43. The van der Waals surface area contributed by atoms with Gasteiger partial charge in [-0.25, -0.2) is 0 Å². The lowest BCUT2D eigenvalue weighted by atomic mass is 9.84. The summed E-state index contributed by atoms with van der Waals surface area (Å²) in [7, 11) is 0. The molecule has 0 aromatic heterocycles. The zero-order chi connectivity index (χ0) is 15.5. The second-order valence-corrected chi connectivity index (χ2v) is 5.91. The van der Waals surface area contributed by atoms with E-state index >= 15 is 0 Å². The van der Waals surface area contributed by atoms with Crippen LogP contribution in [0.15, 0.2) is 36.9 Å². The standard InChI is InChI=1S/C17H23NO3/c1-4-9-21-16(19)15(12(2)3)13-5-7-14(8-6-13)17(18)10-20-11-17/h4-8,12,15H,1,9-11,18H2,2-3H3. The lowest BCUT2D eigenvalue weighted by Crippen LogP contribution is -2.54. The fraction of sp³-hybridized carbons (Fsp3) is 0.471. The van der Waals surface area contributed by atoms with Crippen LogP contribution in [0.2, 0.25) is 0 Å². The maximum atomic E-state index is 12.2. The molecule has 1 aliphatic heterocycles. The van der Waals surface area contributed by atoms with Gasteiger partial charge in [-0.05, 0) is 17.0 Å². The highest BCUT2D eigenvalue weighted by Crippen LogP contribution is 2.30. The maximum absolute atomic E-state index is 12.2. The van der Waals surface area contributed by atoms with E-state index in [9.17, 15) is 4.79 Å². The molecular formula is C17H23NO3. The minimum absolute atomic E-state index is 0.159. The van der Waals surface area contributed by atoms with E-state index in [0.29, 0.717) is 13.2 Å². The molecule has 1 aromatic carbocycles. The van der Waals surface area contributed by atoms with E-state index in [1.165, 1.54) is 0 Å². The molecule has 4 nitrogen and oxygen atoms in total. The predicted molar refractivity (Wildman–Crippen MR) is 81.9 cm³/mol. The minimum Gasteiger partial charge on any atom is -0.461 e. The highest BCUT2D eigenvalue weighted by molar-refractivity contribution is 5.78. The number of esters is 1. The molecule has 1 aromatic rings. The third kappa shape index (κ3) is 3.34. The number of hydrogen-bond donors (Lipinski definition) is 1. The first-order valence-corrected chi connectivity index (χ1v) is 7.22. The first-order valence-electron chi connectivity index (χ1n) is 7.22. The van der Waals surface area contributed by atoms with Gasteiger partial charge in [0.15, 0.2) is 0 Å². The fourth-order valence-corrected chi connectivity index (χ4v) is 2.54. The van der Waals surface area contributed by atoms with Crippen LogP contribution in [0.25, 0.3) is 0 Å². The topological polar surface area (TPSA) is 61.5 Å². The van der Waals surface area contributed by atoms with Crippen molar-refractivity contribution in [3.05, 3.63) is 48.0 Å². The Morgan fingerprint density at radius 2 is 2.05 bits per heavy atom. The number of hydrogen-bond acceptors (Lipinski definition) is 4. The maximum Gasteiger partial charge on any atom is 0.313 e. The van der Waals surface area contributed by atoms with Crippen molar-refractivity contribution < 1.29 is 14.3 Å². The van der Waals surface area contributed by atoms with E-state index in [1.54, 1.807) is 6.08 Å². The summed E-state index contributed by atoms with van der Waals surface area (Å²) in [4.78, 5) is 12.2. The van der Waals surface area contributed by atoms with Crippen LogP contribution in [-0.2, 0) is 19.8 Å². The first kappa shape index (κ1) is 15.7. The largest absolute Gasteiger partial charge is 0.461 e. The molecule has 0 spiro atoms. The lowest BCUT2D eigenvalue weighted by molar-refractivity contribution is -0.145. The number of ether oxygens (including phenoxy) is 2. The Morgan fingerprint density at radius 1 is 1.43 bits per heavy atom. The van der Waals surface area contributed by atoms with E-state index in [2.05, 4.69) is 6.58 Å².